The van der Waals surface area contributed by atoms with Crippen LogP contribution in [0.2, 0.25) is 0 Å². The predicted octanol–water partition coefficient (Wildman–Crippen LogP) is 4.83. The monoisotopic (exact) mass is 374 g/mol. The molecule has 0 atom stereocenters. The van der Waals surface area contributed by atoms with Gasteiger partial charge in [0.15, 0.2) is 0 Å². The molecular weight excluding hydrogens is 357 g/mol. The number of nitrogens with one attached hydrogen (secondary N) is 3. The average Bonchev–Trinajstić information content (AvgIpc) is 3.12. The summed E-state index contributed by atoms with van der Waals surface area (Å²) in [4.78, 5) is 7.02. The van der Waals surface area contributed by atoms with Crippen molar-refractivity contribution in [3.8, 4) is 5.75 Å². The Morgan fingerprint density at radius 2 is 2.04 bits per heavy atom. The van der Waals surface area contributed by atoms with Gasteiger partial charge in [-0.05, 0) is 24.5 Å². The Hall–Kier alpha value is -2.90. The quantitative estimate of drug-likeness (QED) is 0.612. The summed E-state index contributed by atoms with van der Waals surface area (Å²) in [5, 5.41) is 6.48. The van der Waals surface area contributed by atoms with Crippen LogP contribution in [0.25, 0.3) is 11.0 Å². The molecule has 1 aromatic carbocycles. The van der Waals surface area contributed by atoms with Crippen LogP contribution in [-0.4, -0.2) is 22.6 Å². The van der Waals surface area contributed by atoms with Crippen LogP contribution >= 0.6 is 0 Å². The highest BCUT2D eigenvalue weighted by Crippen LogP contribution is 2.41. The summed E-state index contributed by atoms with van der Waals surface area (Å²) in [6, 6.07) is 7.65. The first kappa shape index (κ1) is 16.3. The van der Waals surface area contributed by atoms with E-state index in [1.807, 2.05) is 18.2 Å². The van der Waals surface area contributed by atoms with Gasteiger partial charge in [-0.15, -0.1) is 0 Å². The van der Waals surface area contributed by atoms with Gasteiger partial charge in [-0.3, -0.25) is 0 Å². The van der Waals surface area contributed by atoms with Gasteiger partial charge < -0.3 is 20.4 Å². The van der Waals surface area contributed by atoms with Crippen molar-refractivity contribution in [2.24, 2.45) is 0 Å². The molecule has 2 aromatic heterocycles. The van der Waals surface area contributed by atoms with E-state index in [2.05, 4.69) is 20.6 Å². The Labute approximate surface area is 152 Å². The van der Waals surface area contributed by atoms with Crippen LogP contribution in [0.15, 0.2) is 30.5 Å². The Bertz CT molecular complexity index is 1020. The lowest BCUT2D eigenvalue weighted by Gasteiger charge is -2.14. The second-order valence-corrected chi connectivity index (χ2v) is 6.91. The van der Waals surface area contributed by atoms with E-state index in [1.165, 1.54) is 0 Å². The predicted molar refractivity (Wildman–Crippen MR) is 96.7 cm³/mol. The maximum atomic E-state index is 13.4. The second-order valence-electron chi connectivity index (χ2n) is 6.91. The number of alkyl halides is 3. The number of para-hydroxylation sites is 1. The minimum atomic E-state index is -4.44. The van der Waals surface area contributed by atoms with Crippen molar-refractivity contribution in [1.29, 1.82) is 0 Å². The fourth-order valence-corrected chi connectivity index (χ4v) is 3.44. The molecule has 27 heavy (non-hydrogen) atoms. The fraction of sp³-hybridized carbons (Fsp3) is 0.316. The summed E-state index contributed by atoms with van der Waals surface area (Å²) in [7, 11) is 0. The lowest BCUT2D eigenvalue weighted by Crippen LogP contribution is -2.08. The first-order valence-corrected chi connectivity index (χ1v) is 8.86. The fourth-order valence-electron chi connectivity index (χ4n) is 3.44. The van der Waals surface area contributed by atoms with Crippen LogP contribution in [0.1, 0.15) is 24.0 Å². The van der Waals surface area contributed by atoms with Crippen LogP contribution in [0, 0.1) is 0 Å². The van der Waals surface area contributed by atoms with Crippen LogP contribution < -0.4 is 15.4 Å². The van der Waals surface area contributed by atoms with Crippen molar-refractivity contribution in [2.45, 2.75) is 31.5 Å². The maximum absolute atomic E-state index is 13.4. The molecule has 0 spiro atoms. The molecule has 2 aliphatic rings. The molecular formula is C19H17F3N4O. The third-order valence-corrected chi connectivity index (χ3v) is 4.86. The van der Waals surface area contributed by atoms with Crippen LogP contribution in [0.5, 0.6) is 5.75 Å². The Morgan fingerprint density at radius 3 is 2.81 bits per heavy atom. The minimum absolute atomic E-state index is 0.0782. The molecule has 1 aliphatic heterocycles. The number of hydrogen-bond donors (Lipinski definition) is 3. The zero-order valence-corrected chi connectivity index (χ0v) is 14.3. The molecule has 140 valence electrons. The highest BCUT2D eigenvalue weighted by Gasteiger charge is 2.36. The number of benzene rings is 1. The lowest BCUT2D eigenvalue weighted by atomic mass is 10.1. The zero-order valence-electron chi connectivity index (χ0n) is 14.3. The zero-order chi connectivity index (χ0) is 18.6. The molecule has 0 bridgehead atoms. The molecule has 5 rings (SSSR count). The van der Waals surface area contributed by atoms with Crippen molar-refractivity contribution in [1.82, 2.24) is 9.97 Å². The largest absolute Gasteiger partial charge is 0.491 e. The Morgan fingerprint density at radius 1 is 1.19 bits per heavy atom. The van der Waals surface area contributed by atoms with Gasteiger partial charge in [0.25, 0.3) is 0 Å². The topological polar surface area (TPSA) is 62.0 Å². The normalized spacial score (nSPS) is 16.3. The van der Waals surface area contributed by atoms with Gasteiger partial charge in [0.05, 0.1) is 23.2 Å². The molecule has 1 fully saturated rings. The number of aromatic nitrogens is 2. The van der Waals surface area contributed by atoms with E-state index in [1.54, 1.807) is 6.07 Å². The van der Waals surface area contributed by atoms with E-state index in [-0.39, 0.29) is 17.1 Å². The number of halogens is 3. The number of anilines is 3. The molecule has 0 unspecified atom stereocenters. The lowest BCUT2D eigenvalue weighted by molar-refractivity contribution is -0.136. The first-order chi connectivity index (χ1) is 13.0. The first-order valence-electron chi connectivity index (χ1n) is 8.86. The standard InChI is InChI=1S/C19H17F3N4O/c20-19(21,22)12-9-23-18-16(12)14(24-11-4-5-11)8-15(26-18)25-13-3-1-2-10-6-7-27-17(10)13/h1-3,8-9,11H,4-7H2,(H3,23,24,25,26). The van der Waals surface area contributed by atoms with E-state index < -0.39 is 11.7 Å². The third-order valence-electron chi connectivity index (χ3n) is 4.86. The van der Waals surface area contributed by atoms with Crippen molar-refractivity contribution in [2.75, 3.05) is 17.2 Å². The molecule has 1 aliphatic carbocycles. The highest BCUT2D eigenvalue weighted by molar-refractivity contribution is 5.95. The number of pyridine rings is 1. The van der Waals surface area contributed by atoms with Gasteiger partial charge in [0.2, 0.25) is 0 Å². The molecule has 3 N–H and O–H groups in total. The van der Waals surface area contributed by atoms with Crippen molar-refractivity contribution in [3.05, 3.63) is 41.6 Å². The van der Waals surface area contributed by atoms with E-state index >= 15 is 0 Å². The van der Waals surface area contributed by atoms with Gasteiger partial charge in [-0.25, -0.2) is 4.98 Å². The van der Waals surface area contributed by atoms with Crippen molar-refractivity contribution >= 4 is 28.2 Å². The third kappa shape index (κ3) is 2.94. The van der Waals surface area contributed by atoms with Gasteiger partial charge in [-0.2, -0.15) is 13.2 Å². The summed E-state index contributed by atoms with van der Waals surface area (Å²) >= 11 is 0. The van der Waals surface area contributed by atoms with Gasteiger partial charge in [0.1, 0.15) is 17.2 Å². The number of fused-ring (bicyclic) bond motifs is 2. The van der Waals surface area contributed by atoms with E-state index in [0.717, 1.165) is 42.5 Å². The Kier molecular flexibility index (Phi) is 3.50. The summed E-state index contributed by atoms with van der Waals surface area (Å²) < 4.78 is 45.8. The van der Waals surface area contributed by atoms with Crippen molar-refractivity contribution in [3.63, 3.8) is 0 Å². The number of H-pyrrole nitrogens is 1. The molecule has 8 heteroatoms. The van der Waals surface area contributed by atoms with Gasteiger partial charge in [-0.1, -0.05) is 12.1 Å². The smallest absolute Gasteiger partial charge is 0.418 e. The van der Waals surface area contributed by atoms with E-state index in [9.17, 15) is 13.2 Å². The maximum Gasteiger partial charge on any atom is 0.418 e. The summed E-state index contributed by atoms with van der Waals surface area (Å²) in [5.74, 6) is 1.24. The van der Waals surface area contributed by atoms with Crippen LogP contribution in [0.4, 0.5) is 30.4 Å². The van der Waals surface area contributed by atoms with Crippen LogP contribution in [-0.2, 0) is 12.6 Å². The van der Waals surface area contributed by atoms with Crippen LogP contribution in [0.3, 0.4) is 0 Å². The summed E-state index contributed by atoms with van der Waals surface area (Å²) in [5.41, 5.74) is 1.80. The molecule has 0 radical (unpaired) electrons. The highest BCUT2D eigenvalue weighted by atomic mass is 19.4. The molecule has 3 aromatic rings. The van der Waals surface area contributed by atoms with Crippen molar-refractivity contribution < 1.29 is 17.9 Å². The number of nitrogens with zero attached hydrogens (tertiary/aromatic N) is 1. The van der Waals surface area contributed by atoms with E-state index in [4.69, 9.17) is 4.74 Å². The molecule has 5 nitrogen and oxygen atoms in total. The molecule has 1 saturated carbocycles. The average molecular weight is 374 g/mol. The SMILES string of the molecule is FC(F)(F)c1c[nH]c2nc(Nc3cccc4c3OCC4)cc(NC3CC3)c12. The number of ether oxygens (including phenoxy) is 1. The van der Waals surface area contributed by atoms with Gasteiger partial charge in [0, 0.05) is 30.4 Å². The molecule has 0 saturated heterocycles. The number of rotatable bonds is 4. The van der Waals surface area contributed by atoms with Gasteiger partial charge >= 0.3 is 6.18 Å². The molecule has 3 heterocycles. The van der Waals surface area contributed by atoms with E-state index in [0.29, 0.717) is 18.1 Å². The Balaban J connectivity index is 1.58. The summed E-state index contributed by atoms with van der Waals surface area (Å²) in [6.45, 7) is 0.626. The summed E-state index contributed by atoms with van der Waals surface area (Å²) in [6.07, 6.45) is -0.708. The molecule has 0 amide bonds. The minimum Gasteiger partial charge on any atom is -0.491 e. The number of aromatic amines is 1. The number of hydrogen-bond acceptors (Lipinski definition) is 4. The second kappa shape index (κ2) is 5.80.